The van der Waals surface area contributed by atoms with Crippen LogP contribution in [0.3, 0.4) is 0 Å². The smallest absolute Gasteiger partial charge is 0.248 e. The van der Waals surface area contributed by atoms with Crippen LogP contribution in [0.25, 0.3) is 34.0 Å². The number of nitrogens with two attached hydrogens (primary N) is 2. The molecule has 18 nitrogen and oxygen atoms in total. The van der Waals surface area contributed by atoms with Crippen LogP contribution in [0.5, 0.6) is 11.5 Å². The molecule has 2 aromatic heterocycles. The molecule has 0 aliphatic carbocycles. The van der Waals surface area contributed by atoms with E-state index in [0.29, 0.717) is 67.5 Å². The molecule has 18 heteroatoms. The maximum Gasteiger partial charge on any atom is 0.248 e. The number of methoxy groups -OCH3 is 2. The van der Waals surface area contributed by atoms with Crippen LogP contribution >= 0.6 is 0 Å². The molecular formula is C48H50N10O8. The first-order valence-corrected chi connectivity index (χ1v) is 21.0. The Morgan fingerprint density at radius 1 is 0.621 bits per heavy atom. The number of hydrogen-bond acceptors (Lipinski definition) is 14. The van der Waals surface area contributed by atoms with Crippen LogP contribution in [-0.4, -0.2) is 139 Å². The zero-order valence-corrected chi connectivity index (χ0v) is 36.4. The third-order valence-corrected chi connectivity index (χ3v) is 11.2. The number of ether oxygens (including phenoxy) is 2. The van der Waals surface area contributed by atoms with Crippen LogP contribution in [0.4, 0.5) is 11.6 Å². The number of carbonyl (C=O) groups excluding carboxylic acids is 4. The number of phenolic OH excluding ortho intramolecular Hbond substituents is 2. The van der Waals surface area contributed by atoms with Gasteiger partial charge in [0.2, 0.25) is 23.6 Å². The van der Waals surface area contributed by atoms with E-state index in [0.717, 1.165) is 27.5 Å². The molecule has 2 atom stereocenters. The average Bonchev–Trinajstić information content (AvgIpc) is 3.31. The average molecular weight is 895 g/mol. The molecule has 6 N–H and O–H groups in total. The number of amides is 4. The predicted octanol–water partition coefficient (Wildman–Crippen LogP) is 3.63. The number of nitrogen functional groups attached to an aromatic ring is 2. The third kappa shape index (κ3) is 11.0. The van der Waals surface area contributed by atoms with Crippen LogP contribution in [0.1, 0.15) is 22.3 Å². The first kappa shape index (κ1) is 46.0. The Bertz CT molecular complexity index is 2790. The second-order valence-electron chi connectivity index (χ2n) is 15.6. The number of hydrogen-bond donors (Lipinski definition) is 4. The van der Waals surface area contributed by atoms with E-state index in [1.807, 2.05) is 36.4 Å². The van der Waals surface area contributed by atoms with Gasteiger partial charge < -0.3 is 50.8 Å². The van der Waals surface area contributed by atoms with Crippen molar-refractivity contribution < 1.29 is 38.9 Å². The predicted molar refractivity (Wildman–Crippen MR) is 248 cm³/mol. The lowest BCUT2D eigenvalue weighted by Crippen LogP contribution is -2.59. The molecule has 2 saturated heterocycles. The molecule has 2 fully saturated rings. The van der Waals surface area contributed by atoms with Crippen molar-refractivity contribution in [1.29, 1.82) is 0 Å². The molecule has 4 amide bonds. The van der Waals surface area contributed by atoms with Gasteiger partial charge in [0.1, 0.15) is 47.9 Å². The first-order valence-electron chi connectivity index (χ1n) is 21.0. The Morgan fingerprint density at radius 2 is 1.11 bits per heavy atom. The minimum Gasteiger partial charge on any atom is -0.508 e. The summed E-state index contributed by atoms with van der Waals surface area (Å²) in [6, 6.07) is 23.0. The summed E-state index contributed by atoms with van der Waals surface area (Å²) in [5, 5.41) is 20.5. The molecule has 0 spiro atoms. The van der Waals surface area contributed by atoms with Gasteiger partial charge in [0, 0.05) is 76.4 Å². The number of rotatable bonds is 12. The van der Waals surface area contributed by atoms with Crippen LogP contribution in [0.15, 0.2) is 110 Å². The van der Waals surface area contributed by atoms with Gasteiger partial charge in [0.25, 0.3) is 0 Å². The van der Waals surface area contributed by atoms with Gasteiger partial charge in [-0.2, -0.15) is 0 Å². The van der Waals surface area contributed by atoms with E-state index in [4.69, 9.17) is 20.9 Å². The number of benzene rings is 4. The van der Waals surface area contributed by atoms with Gasteiger partial charge in [-0.25, -0.2) is 19.9 Å². The summed E-state index contributed by atoms with van der Waals surface area (Å²) < 4.78 is 10.5. The van der Waals surface area contributed by atoms with Crippen molar-refractivity contribution >= 4 is 69.2 Å². The molecule has 8 rings (SSSR count). The van der Waals surface area contributed by atoms with Crippen LogP contribution in [0, 0.1) is 0 Å². The van der Waals surface area contributed by atoms with Gasteiger partial charge in [-0.1, -0.05) is 36.4 Å². The van der Waals surface area contributed by atoms with Gasteiger partial charge >= 0.3 is 0 Å². The summed E-state index contributed by atoms with van der Waals surface area (Å²) >= 11 is 0. The summed E-state index contributed by atoms with van der Waals surface area (Å²) in [4.78, 5) is 75.1. The van der Waals surface area contributed by atoms with Crippen molar-refractivity contribution in [1.82, 2.24) is 39.5 Å². The van der Waals surface area contributed by atoms with Crippen molar-refractivity contribution in [3.05, 3.63) is 132 Å². The van der Waals surface area contributed by atoms with Gasteiger partial charge in [-0.15, -0.1) is 0 Å². The fraction of sp³-hybridized carbons (Fsp3) is 0.250. The Labute approximate surface area is 380 Å². The van der Waals surface area contributed by atoms with E-state index in [1.54, 1.807) is 70.5 Å². The molecule has 0 saturated carbocycles. The molecule has 2 unspecified atom stereocenters. The summed E-state index contributed by atoms with van der Waals surface area (Å²) in [7, 11) is 3.01. The van der Waals surface area contributed by atoms with E-state index in [1.165, 1.54) is 48.8 Å². The van der Waals surface area contributed by atoms with Crippen molar-refractivity contribution in [3.63, 3.8) is 0 Å². The second kappa shape index (κ2) is 21.1. The van der Waals surface area contributed by atoms with E-state index >= 15 is 0 Å². The first-order chi connectivity index (χ1) is 31.9. The zero-order chi connectivity index (χ0) is 46.7. The molecule has 0 radical (unpaired) electrons. The van der Waals surface area contributed by atoms with Crippen molar-refractivity contribution in [2.24, 2.45) is 0 Å². The summed E-state index contributed by atoms with van der Waals surface area (Å²) in [6.07, 6.45) is 8.95. The highest BCUT2D eigenvalue weighted by molar-refractivity contribution is 5.97. The molecule has 0 bridgehead atoms. The normalized spacial score (nSPS) is 16.6. The molecule has 2 aliphatic rings. The third-order valence-electron chi connectivity index (χ3n) is 11.2. The van der Waals surface area contributed by atoms with Gasteiger partial charge in [0.05, 0.1) is 24.2 Å². The number of anilines is 2. The lowest BCUT2D eigenvalue weighted by atomic mass is 10.1. The molecule has 66 heavy (non-hydrogen) atoms. The van der Waals surface area contributed by atoms with Crippen LogP contribution in [0.2, 0.25) is 0 Å². The topological polar surface area (TPSA) is 244 Å². The zero-order valence-electron chi connectivity index (χ0n) is 36.4. The highest BCUT2D eigenvalue weighted by Crippen LogP contribution is 2.24. The Kier molecular flexibility index (Phi) is 14.8. The van der Waals surface area contributed by atoms with Gasteiger partial charge in [-0.3, -0.25) is 19.2 Å². The lowest BCUT2D eigenvalue weighted by Gasteiger charge is -2.40. The highest BCUT2D eigenvalue weighted by atomic mass is 16.5. The largest absolute Gasteiger partial charge is 0.508 e. The number of phenols is 2. The molecule has 2 aliphatic heterocycles. The SMILES string of the molecule is COCC1C(=O)N(Cc2ccc3c(N)ncnc3c2)CCN1C(=O)/C=C/c1ccc(O)cc1.COCC1C(=O)N(Cc2ccc3c(N)ncnc3c2)CCN1C(=O)/C=C/c1cccc(O)c1. The van der Waals surface area contributed by atoms with Crippen LogP contribution in [-0.2, 0) is 41.7 Å². The standard InChI is InChI=1S/2C24H25N5O4/c1-33-14-21-24(32)28(13-17-4-8-19-20(12-17)26-15-27-23(19)25)10-11-29(21)22(31)9-5-16-2-6-18(30)7-3-16;1-33-14-21-24(32)28(13-17-5-7-19-20(12-17)26-15-27-23(19)25)9-10-29(21)22(31)8-6-16-3-2-4-18(30)11-16/h2-9,12,15,21,30H,10-11,13-14H2,1H3,(H2,25,26,27);2-8,11-12,15,21,30H,9-10,13-14H2,1H3,(H2,25,26,27)/b9-5+;8-6+. The number of nitrogens with zero attached hydrogens (tertiary/aromatic N) is 8. The quantitative estimate of drug-likeness (QED) is 0.128. The van der Waals surface area contributed by atoms with Crippen molar-refractivity contribution in [2.45, 2.75) is 25.2 Å². The second-order valence-corrected chi connectivity index (χ2v) is 15.6. The number of piperazine rings is 2. The van der Waals surface area contributed by atoms with E-state index in [9.17, 15) is 29.4 Å². The summed E-state index contributed by atoms with van der Waals surface area (Å²) in [6.45, 7) is 2.56. The fourth-order valence-corrected chi connectivity index (χ4v) is 7.78. The molecule has 4 aromatic carbocycles. The number of aromatic hydroxyl groups is 2. The Hall–Kier alpha value is -7.96. The minimum atomic E-state index is -0.719. The Morgan fingerprint density at radius 3 is 1.58 bits per heavy atom. The number of carbonyl (C=O) groups is 4. The highest BCUT2D eigenvalue weighted by Gasteiger charge is 2.38. The number of aromatic nitrogens is 4. The monoisotopic (exact) mass is 894 g/mol. The molecule has 4 heterocycles. The van der Waals surface area contributed by atoms with Crippen LogP contribution < -0.4 is 11.5 Å². The van der Waals surface area contributed by atoms with Gasteiger partial charge in [0.15, 0.2) is 0 Å². The molecular weight excluding hydrogens is 845 g/mol. The fourth-order valence-electron chi connectivity index (χ4n) is 7.78. The number of fused-ring (bicyclic) bond motifs is 2. The van der Waals surface area contributed by atoms with E-state index in [2.05, 4.69) is 19.9 Å². The molecule has 340 valence electrons. The van der Waals surface area contributed by atoms with Crippen molar-refractivity contribution in [3.8, 4) is 11.5 Å². The van der Waals surface area contributed by atoms with Gasteiger partial charge in [-0.05, 0) is 82.9 Å². The minimum absolute atomic E-state index is 0.0997. The summed E-state index contributed by atoms with van der Waals surface area (Å²) in [5.74, 6) is 0.198. The van der Waals surface area contributed by atoms with Crippen molar-refractivity contribution in [2.75, 3.05) is 65.1 Å². The maximum absolute atomic E-state index is 13.2. The Balaban J connectivity index is 0.000000196. The molecule has 6 aromatic rings. The van der Waals surface area contributed by atoms with E-state index in [-0.39, 0.29) is 48.3 Å². The maximum atomic E-state index is 13.2. The van der Waals surface area contributed by atoms with E-state index < -0.39 is 12.1 Å². The lowest BCUT2D eigenvalue weighted by molar-refractivity contribution is -0.152. The summed E-state index contributed by atoms with van der Waals surface area (Å²) in [5.41, 5.74) is 16.5.